The third-order valence-electron chi connectivity index (χ3n) is 0.816. The van der Waals surface area contributed by atoms with Gasteiger partial charge in [-0.25, -0.2) is 0 Å². The summed E-state index contributed by atoms with van der Waals surface area (Å²) in [7, 11) is 0. The van der Waals surface area contributed by atoms with Gasteiger partial charge in [0.15, 0.2) is 0 Å². The molecule has 0 aliphatic carbocycles. The predicted molar refractivity (Wildman–Crippen MR) is 27.3 cm³/mol. The first-order valence-corrected chi connectivity index (χ1v) is 2.27. The zero-order valence-corrected chi connectivity index (χ0v) is 4.73. The number of nitrogens with zero attached hydrogens (tertiary/aromatic N) is 1. The van der Waals surface area contributed by atoms with E-state index in [4.69, 9.17) is 0 Å². The third-order valence-corrected chi connectivity index (χ3v) is 0.816. The van der Waals surface area contributed by atoms with Gasteiger partial charge in [-0.15, -0.1) is 0 Å². The van der Waals surface area contributed by atoms with Crippen LogP contribution in [0.5, 0.6) is 0 Å². The van der Waals surface area contributed by atoms with E-state index in [2.05, 4.69) is 20.8 Å². The van der Waals surface area contributed by atoms with Crippen LogP contribution in [0.2, 0.25) is 0 Å². The zero-order valence-electron chi connectivity index (χ0n) is 4.73. The second-order valence-electron chi connectivity index (χ2n) is 1.80. The van der Waals surface area contributed by atoms with Crippen LogP contribution in [0, 0.1) is 5.92 Å². The molecule has 3 radical (unpaired) electrons. The van der Waals surface area contributed by atoms with E-state index < -0.39 is 0 Å². The van der Waals surface area contributed by atoms with Gasteiger partial charge in [-0.2, -0.15) is 0 Å². The van der Waals surface area contributed by atoms with Gasteiger partial charge in [0.05, 0.1) is 0 Å². The summed E-state index contributed by atoms with van der Waals surface area (Å²) in [4.78, 5) is 0. The van der Waals surface area contributed by atoms with Crippen LogP contribution in [0.15, 0.2) is 0 Å². The molecular formula is C5H12N. The summed E-state index contributed by atoms with van der Waals surface area (Å²) in [6.07, 6.45) is 1.31. The van der Waals surface area contributed by atoms with Crippen LogP contribution < -0.4 is 6.15 Å². The number of hydrogen-bond donors (Lipinski definition) is 0. The van der Waals surface area contributed by atoms with Crippen LogP contribution >= 0.6 is 0 Å². The maximum atomic E-state index is 2.22. The molecule has 0 unspecified atom stereocenters. The van der Waals surface area contributed by atoms with Gasteiger partial charge in [0.25, 0.3) is 0 Å². The molecule has 0 rings (SSSR count). The van der Waals surface area contributed by atoms with Crippen molar-refractivity contribution < 1.29 is 0 Å². The molecule has 0 heterocycles. The van der Waals surface area contributed by atoms with Gasteiger partial charge in [-0.05, 0) is 5.92 Å². The molecule has 0 spiro atoms. The van der Waals surface area contributed by atoms with E-state index in [0.29, 0.717) is 0 Å². The van der Waals surface area contributed by atoms with Crippen LogP contribution in [0.3, 0.4) is 0 Å². The largest absolute Gasteiger partial charge is 0.0651 e. The summed E-state index contributed by atoms with van der Waals surface area (Å²) in [5.41, 5.74) is 0. The SMILES string of the molecule is CCC(C)C.[N]. The number of rotatable bonds is 1. The molecule has 0 aliphatic rings. The Hall–Kier alpha value is -0.0400. The Morgan fingerprint density at radius 3 is 1.50 bits per heavy atom. The topological polar surface area (TPSA) is 30.5 Å². The van der Waals surface area contributed by atoms with Crippen molar-refractivity contribution in [3.05, 3.63) is 0 Å². The van der Waals surface area contributed by atoms with Gasteiger partial charge < -0.3 is 0 Å². The molecule has 6 heavy (non-hydrogen) atoms. The molecular weight excluding hydrogens is 74.1 g/mol. The monoisotopic (exact) mass is 86.1 g/mol. The van der Waals surface area contributed by atoms with Crippen LogP contribution in [-0.2, 0) is 0 Å². The molecule has 0 aromatic rings. The summed E-state index contributed by atoms with van der Waals surface area (Å²) in [6.45, 7) is 6.64. The fourth-order valence-electron chi connectivity index (χ4n) is 0. The first-order chi connectivity index (χ1) is 2.27. The molecule has 0 aromatic heterocycles. The molecule has 1 nitrogen and oxygen atoms in total. The summed E-state index contributed by atoms with van der Waals surface area (Å²) in [5, 5.41) is 0. The maximum Gasteiger partial charge on any atom is 0 e. The quantitative estimate of drug-likeness (QED) is 0.463. The lowest BCUT2D eigenvalue weighted by molar-refractivity contribution is 0.626. The lowest BCUT2D eigenvalue weighted by Gasteiger charge is -1.90. The standard InChI is InChI=1S/C5H12.N/c1-4-5(2)3;/h5H,4H2,1-3H3;. The highest BCUT2D eigenvalue weighted by Crippen LogP contribution is 1.93. The van der Waals surface area contributed by atoms with Crippen LogP contribution in [-0.4, -0.2) is 0 Å². The van der Waals surface area contributed by atoms with Gasteiger partial charge in [0, 0.05) is 6.15 Å². The van der Waals surface area contributed by atoms with E-state index in [1.807, 2.05) is 0 Å². The van der Waals surface area contributed by atoms with E-state index >= 15 is 0 Å². The zero-order chi connectivity index (χ0) is 4.28. The Morgan fingerprint density at radius 2 is 1.50 bits per heavy atom. The normalized spacial score (nSPS) is 8.00. The van der Waals surface area contributed by atoms with Crippen molar-refractivity contribution in [3.63, 3.8) is 0 Å². The minimum atomic E-state index is 0. The van der Waals surface area contributed by atoms with Crippen LogP contribution in [0.4, 0.5) is 0 Å². The Balaban J connectivity index is 0. The second-order valence-corrected chi connectivity index (χ2v) is 1.80. The fraction of sp³-hybridized carbons (Fsp3) is 1.00. The highest BCUT2D eigenvalue weighted by molar-refractivity contribution is 4.32. The van der Waals surface area contributed by atoms with Gasteiger partial charge in [-0.1, -0.05) is 27.2 Å². The highest BCUT2D eigenvalue weighted by atomic mass is 14.0. The van der Waals surface area contributed by atoms with Crippen LogP contribution in [0.1, 0.15) is 27.2 Å². The van der Waals surface area contributed by atoms with E-state index in [9.17, 15) is 0 Å². The Labute approximate surface area is 40.3 Å². The van der Waals surface area contributed by atoms with Crippen molar-refractivity contribution in [1.29, 1.82) is 0 Å². The fourth-order valence-corrected chi connectivity index (χ4v) is 0. The first kappa shape index (κ1) is 9.35. The van der Waals surface area contributed by atoms with Crippen molar-refractivity contribution in [1.82, 2.24) is 6.15 Å². The minimum Gasteiger partial charge on any atom is -0.0651 e. The van der Waals surface area contributed by atoms with Gasteiger partial charge >= 0.3 is 0 Å². The second kappa shape index (κ2) is 4.96. The summed E-state index contributed by atoms with van der Waals surface area (Å²) in [5.74, 6) is 0.884. The van der Waals surface area contributed by atoms with Crippen LogP contribution in [0.25, 0.3) is 0 Å². The molecule has 0 amide bonds. The van der Waals surface area contributed by atoms with E-state index in [0.717, 1.165) is 5.92 Å². The summed E-state index contributed by atoms with van der Waals surface area (Å²) < 4.78 is 0. The van der Waals surface area contributed by atoms with Crippen molar-refractivity contribution in [2.24, 2.45) is 5.92 Å². The average Bonchev–Trinajstić information content (AvgIpc) is 1.38. The lowest BCUT2D eigenvalue weighted by atomic mass is 10.2. The Kier molecular flexibility index (Phi) is 7.73. The Morgan fingerprint density at radius 1 is 1.33 bits per heavy atom. The molecule has 37 valence electrons. The molecule has 0 aliphatic heterocycles. The van der Waals surface area contributed by atoms with Gasteiger partial charge in [-0.3, -0.25) is 0 Å². The number of hydrogen-bond acceptors (Lipinski definition) is 0. The van der Waals surface area contributed by atoms with E-state index in [1.54, 1.807) is 0 Å². The van der Waals surface area contributed by atoms with Crippen molar-refractivity contribution >= 4 is 0 Å². The molecule has 0 N–H and O–H groups in total. The third kappa shape index (κ3) is 9.03. The minimum absolute atomic E-state index is 0. The van der Waals surface area contributed by atoms with Crippen molar-refractivity contribution in [3.8, 4) is 0 Å². The molecule has 0 atom stereocenters. The molecule has 0 saturated heterocycles. The van der Waals surface area contributed by atoms with Crippen molar-refractivity contribution in [2.75, 3.05) is 0 Å². The highest BCUT2D eigenvalue weighted by Gasteiger charge is 1.80. The molecule has 0 saturated carbocycles. The Bertz CT molecular complexity index is 17.9. The average molecular weight is 86.2 g/mol. The van der Waals surface area contributed by atoms with E-state index in [1.165, 1.54) is 6.42 Å². The smallest absolute Gasteiger partial charge is 0 e. The summed E-state index contributed by atoms with van der Waals surface area (Å²) >= 11 is 0. The molecule has 0 bridgehead atoms. The molecule has 0 aromatic carbocycles. The first-order valence-electron chi connectivity index (χ1n) is 2.27. The molecule has 0 fully saturated rings. The van der Waals surface area contributed by atoms with Gasteiger partial charge in [0.2, 0.25) is 0 Å². The van der Waals surface area contributed by atoms with Gasteiger partial charge in [0.1, 0.15) is 0 Å². The lowest BCUT2D eigenvalue weighted by Crippen LogP contribution is -1.77. The predicted octanol–water partition coefficient (Wildman–Crippen LogP) is 1.57. The van der Waals surface area contributed by atoms with Crippen molar-refractivity contribution in [2.45, 2.75) is 27.2 Å². The summed E-state index contributed by atoms with van der Waals surface area (Å²) in [6, 6.07) is 0. The molecule has 1 heteroatoms. The van der Waals surface area contributed by atoms with E-state index in [-0.39, 0.29) is 6.15 Å². The maximum absolute atomic E-state index is 2.22.